The van der Waals surface area contributed by atoms with Crippen molar-refractivity contribution in [2.45, 2.75) is 19.4 Å². The zero-order valence-electron chi connectivity index (χ0n) is 16.6. The molecular formula is C23H23N5O2. The van der Waals surface area contributed by atoms with Crippen molar-refractivity contribution in [2.24, 2.45) is 0 Å². The van der Waals surface area contributed by atoms with Crippen molar-refractivity contribution in [3.8, 4) is 0 Å². The van der Waals surface area contributed by atoms with Crippen molar-refractivity contribution >= 4 is 29.0 Å². The molecule has 0 atom stereocenters. The molecule has 0 unspecified atom stereocenters. The molecule has 2 aliphatic rings. The van der Waals surface area contributed by atoms with Gasteiger partial charge in [-0.3, -0.25) is 24.3 Å². The van der Waals surface area contributed by atoms with Crippen LogP contribution >= 0.6 is 0 Å². The van der Waals surface area contributed by atoms with Crippen LogP contribution < -0.4 is 10.2 Å². The fourth-order valence-electron chi connectivity index (χ4n) is 4.11. The molecule has 1 aromatic carbocycles. The standard InChI is InChI=1S/C23H23N5O2/c29-21-9-13-28(23(30)25-21)22-15-24-20-14-19(8-12-27(20)22)18-6-10-26(11-7-18)16-17-4-2-1-3-5-17/h1-6,8,12,14-15H,7,9-11,13,16H2,(H,25,29,30). The molecule has 0 saturated carbocycles. The van der Waals surface area contributed by atoms with Crippen molar-refractivity contribution in [1.82, 2.24) is 19.6 Å². The van der Waals surface area contributed by atoms with Crippen LogP contribution in [0.4, 0.5) is 10.6 Å². The Hall–Kier alpha value is -3.45. The van der Waals surface area contributed by atoms with E-state index in [1.807, 2.05) is 16.7 Å². The highest BCUT2D eigenvalue weighted by atomic mass is 16.2. The molecule has 0 aliphatic carbocycles. The predicted molar refractivity (Wildman–Crippen MR) is 115 cm³/mol. The number of nitrogens with one attached hydrogen (secondary N) is 1. The SMILES string of the molecule is O=C1CCN(c2cnc3cc(C4=CCN(Cc5ccccc5)CC4)ccn23)C(=O)N1. The van der Waals surface area contributed by atoms with E-state index in [0.717, 1.165) is 37.3 Å². The lowest BCUT2D eigenvalue weighted by Crippen LogP contribution is -2.50. The second-order valence-electron chi connectivity index (χ2n) is 7.72. The molecule has 0 spiro atoms. The minimum atomic E-state index is -0.398. The molecule has 1 fully saturated rings. The summed E-state index contributed by atoms with van der Waals surface area (Å²) in [5.41, 5.74) is 4.62. The Balaban J connectivity index is 1.32. The van der Waals surface area contributed by atoms with Gasteiger partial charge in [0.05, 0.1) is 6.20 Å². The van der Waals surface area contributed by atoms with Crippen molar-refractivity contribution in [2.75, 3.05) is 24.5 Å². The van der Waals surface area contributed by atoms with Gasteiger partial charge in [-0.2, -0.15) is 0 Å². The zero-order chi connectivity index (χ0) is 20.5. The van der Waals surface area contributed by atoms with E-state index < -0.39 is 6.03 Å². The summed E-state index contributed by atoms with van der Waals surface area (Å²) in [6, 6.07) is 14.3. The fraction of sp³-hybridized carbons (Fsp3) is 0.261. The Labute approximate surface area is 174 Å². The Morgan fingerprint density at radius 3 is 2.67 bits per heavy atom. The lowest BCUT2D eigenvalue weighted by atomic mass is 10.00. The van der Waals surface area contributed by atoms with Gasteiger partial charge in [-0.15, -0.1) is 0 Å². The second-order valence-corrected chi connectivity index (χ2v) is 7.72. The van der Waals surface area contributed by atoms with Crippen LogP contribution in [0.5, 0.6) is 0 Å². The van der Waals surface area contributed by atoms with Crippen LogP contribution in [0.3, 0.4) is 0 Å². The van der Waals surface area contributed by atoms with E-state index in [2.05, 4.69) is 57.7 Å². The third-order valence-electron chi connectivity index (χ3n) is 5.74. The van der Waals surface area contributed by atoms with Crippen LogP contribution in [0.2, 0.25) is 0 Å². The van der Waals surface area contributed by atoms with E-state index in [1.165, 1.54) is 11.1 Å². The molecule has 3 amide bonds. The fourth-order valence-corrected chi connectivity index (χ4v) is 4.11. The van der Waals surface area contributed by atoms with E-state index in [1.54, 1.807) is 11.1 Å². The molecule has 0 radical (unpaired) electrons. The number of urea groups is 1. The van der Waals surface area contributed by atoms with Crippen LogP contribution in [-0.4, -0.2) is 45.9 Å². The van der Waals surface area contributed by atoms with Crippen molar-refractivity contribution in [3.05, 3.63) is 72.1 Å². The summed E-state index contributed by atoms with van der Waals surface area (Å²) in [6.45, 7) is 3.28. The van der Waals surface area contributed by atoms with Crippen molar-refractivity contribution in [1.29, 1.82) is 0 Å². The van der Waals surface area contributed by atoms with Crippen molar-refractivity contribution < 1.29 is 9.59 Å². The maximum atomic E-state index is 12.2. The van der Waals surface area contributed by atoms with Crippen molar-refractivity contribution in [3.63, 3.8) is 0 Å². The van der Waals surface area contributed by atoms with Crippen LogP contribution in [0.15, 0.2) is 60.9 Å². The summed E-state index contributed by atoms with van der Waals surface area (Å²) in [5, 5.41) is 2.36. The monoisotopic (exact) mass is 401 g/mol. The Kier molecular flexibility index (Phi) is 4.80. The number of benzene rings is 1. The molecular weight excluding hydrogens is 378 g/mol. The molecule has 1 saturated heterocycles. The number of fused-ring (bicyclic) bond motifs is 1. The summed E-state index contributed by atoms with van der Waals surface area (Å²) in [4.78, 5) is 32.1. The van der Waals surface area contributed by atoms with Gasteiger partial charge >= 0.3 is 6.03 Å². The molecule has 30 heavy (non-hydrogen) atoms. The largest absolute Gasteiger partial charge is 0.329 e. The number of rotatable bonds is 4. The number of carbonyl (C=O) groups is 2. The first-order valence-electron chi connectivity index (χ1n) is 10.2. The number of imidazole rings is 1. The zero-order valence-corrected chi connectivity index (χ0v) is 16.6. The first-order valence-corrected chi connectivity index (χ1v) is 10.2. The van der Waals surface area contributed by atoms with Gasteiger partial charge in [-0.25, -0.2) is 9.78 Å². The first-order chi connectivity index (χ1) is 14.7. The van der Waals surface area contributed by atoms with Gasteiger partial charge in [-0.1, -0.05) is 36.4 Å². The Morgan fingerprint density at radius 1 is 1.03 bits per heavy atom. The number of hydrogen-bond donors (Lipinski definition) is 1. The Bertz CT molecular complexity index is 1130. The second kappa shape index (κ2) is 7.76. The van der Waals surface area contributed by atoms with Gasteiger partial charge < -0.3 is 0 Å². The predicted octanol–water partition coefficient (Wildman–Crippen LogP) is 3.07. The summed E-state index contributed by atoms with van der Waals surface area (Å²) in [7, 11) is 0. The number of nitrogens with zero attached hydrogens (tertiary/aromatic N) is 4. The number of pyridine rings is 1. The normalized spacial score (nSPS) is 17.9. The number of carbonyl (C=O) groups excluding carboxylic acids is 2. The van der Waals surface area contributed by atoms with Gasteiger partial charge in [0.1, 0.15) is 11.5 Å². The van der Waals surface area contributed by atoms with Gasteiger partial charge in [0.15, 0.2) is 0 Å². The summed E-state index contributed by atoms with van der Waals surface area (Å²) in [5.74, 6) is 0.436. The lowest BCUT2D eigenvalue weighted by Gasteiger charge is -2.27. The average Bonchev–Trinajstić information content (AvgIpc) is 3.18. The van der Waals surface area contributed by atoms with Crippen LogP contribution in [0.1, 0.15) is 24.0 Å². The van der Waals surface area contributed by atoms with Crippen LogP contribution in [0, 0.1) is 0 Å². The van der Waals surface area contributed by atoms with Gasteiger partial charge in [0.25, 0.3) is 0 Å². The smallest absolute Gasteiger partial charge is 0.295 e. The topological polar surface area (TPSA) is 70.0 Å². The quantitative estimate of drug-likeness (QED) is 0.730. The summed E-state index contributed by atoms with van der Waals surface area (Å²) in [6.07, 6.45) is 7.22. The van der Waals surface area contributed by atoms with Crippen LogP contribution in [-0.2, 0) is 11.3 Å². The lowest BCUT2D eigenvalue weighted by molar-refractivity contribution is -0.120. The summed E-state index contributed by atoms with van der Waals surface area (Å²) < 4.78 is 1.89. The molecule has 152 valence electrons. The molecule has 7 heteroatoms. The molecule has 1 N–H and O–H groups in total. The van der Waals surface area contributed by atoms with Gasteiger partial charge in [0, 0.05) is 38.8 Å². The van der Waals surface area contributed by atoms with E-state index in [4.69, 9.17) is 0 Å². The highest BCUT2D eigenvalue weighted by molar-refractivity contribution is 6.05. The minimum absolute atomic E-state index is 0.238. The molecule has 3 aromatic rings. The van der Waals surface area contributed by atoms with Crippen LogP contribution in [0.25, 0.3) is 11.2 Å². The maximum absolute atomic E-state index is 12.2. The molecule has 2 aromatic heterocycles. The number of amides is 3. The van der Waals surface area contributed by atoms with E-state index >= 15 is 0 Å². The highest BCUT2D eigenvalue weighted by Gasteiger charge is 2.26. The van der Waals surface area contributed by atoms with E-state index in [9.17, 15) is 9.59 Å². The third-order valence-corrected chi connectivity index (χ3v) is 5.74. The van der Waals surface area contributed by atoms with E-state index in [0.29, 0.717) is 18.8 Å². The highest BCUT2D eigenvalue weighted by Crippen LogP contribution is 2.26. The molecule has 5 rings (SSSR count). The summed E-state index contributed by atoms with van der Waals surface area (Å²) >= 11 is 0. The maximum Gasteiger partial charge on any atom is 0.329 e. The average molecular weight is 401 g/mol. The third kappa shape index (κ3) is 3.59. The first kappa shape index (κ1) is 18.6. The number of aromatic nitrogens is 2. The molecule has 4 heterocycles. The minimum Gasteiger partial charge on any atom is -0.295 e. The van der Waals surface area contributed by atoms with Gasteiger partial charge in [0.2, 0.25) is 5.91 Å². The molecule has 2 aliphatic heterocycles. The molecule has 7 nitrogen and oxygen atoms in total. The number of imide groups is 1. The van der Waals surface area contributed by atoms with Gasteiger partial charge in [-0.05, 0) is 35.3 Å². The van der Waals surface area contributed by atoms with E-state index in [-0.39, 0.29) is 5.91 Å². The Morgan fingerprint density at radius 2 is 1.90 bits per heavy atom. The number of hydrogen-bond acceptors (Lipinski definition) is 4. The number of anilines is 1. The molecule has 0 bridgehead atoms.